The third-order valence-corrected chi connectivity index (χ3v) is 3.01. The molecular formula is C15H13N3O3. The van der Waals surface area contributed by atoms with Gasteiger partial charge in [-0.25, -0.2) is 0 Å². The zero-order chi connectivity index (χ0) is 14.8. The van der Waals surface area contributed by atoms with Gasteiger partial charge in [-0.05, 0) is 13.8 Å². The smallest absolute Gasteiger partial charge is 0.262 e. The van der Waals surface area contributed by atoms with Gasteiger partial charge in [0.2, 0.25) is 0 Å². The molecule has 1 aromatic carbocycles. The highest BCUT2D eigenvalue weighted by molar-refractivity contribution is 6.08. The number of benzene rings is 1. The molecule has 3 aromatic rings. The van der Waals surface area contributed by atoms with Crippen molar-refractivity contribution in [2.45, 2.75) is 13.8 Å². The molecule has 0 spiro atoms. The molecule has 106 valence electrons. The highest BCUT2D eigenvalue weighted by atomic mass is 16.5. The average Bonchev–Trinajstić information content (AvgIpc) is 3.06. The third-order valence-electron chi connectivity index (χ3n) is 3.01. The summed E-state index contributed by atoms with van der Waals surface area (Å²) < 4.78 is 10.1. The Morgan fingerprint density at radius 2 is 1.86 bits per heavy atom. The van der Waals surface area contributed by atoms with E-state index in [-0.39, 0.29) is 5.91 Å². The van der Waals surface area contributed by atoms with Crippen molar-refractivity contribution in [3.8, 4) is 11.3 Å². The van der Waals surface area contributed by atoms with Crippen LogP contribution in [0.2, 0.25) is 0 Å². The normalized spacial score (nSPS) is 10.6. The Kier molecular flexibility index (Phi) is 3.27. The van der Waals surface area contributed by atoms with E-state index in [9.17, 15) is 4.79 Å². The maximum atomic E-state index is 12.4. The van der Waals surface area contributed by atoms with Crippen molar-refractivity contribution in [2.75, 3.05) is 5.32 Å². The third kappa shape index (κ3) is 2.55. The van der Waals surface area contributed by atoms with Crippen LogP contribution in [0.1, 0.15) is 21.9 Å². The lowest BCUT2D eigenvalue weighted by Gasteiger charge is -2.02. The van der Waals surface area contributed by atoms with E-state index in [4.69, 9.17) is 9.05 Å². The topological polar surface area (TPSA) is 81.2 Å². The van der Waals surface area contributed by atoms with E-state index >= 15 is 0 Å². The first-order chi connectivity index (χ1) is 10.1. The van der Waals surface area contributed by atoms with Crippen LogP contribution in [-0.2, 0) is 0 Å². The minimum absolute atomic E-state index is 0.332. The number of hydrogen-bond acceptors (Lipinski definition) is 5. The molecule has 2 aromatic heterocycles. The molecule has 0 saturated heterocycles. The van der Waals surface area contributed by atoms with Crippen LogP contribution in [0.3, 0.4) is 0 Å². The van der Waals surface area contributed by atoms with Crippen LogP contribution in [0.4, 0.5) is 5.82 Å². The predicted octanol–water partition coefficient (Wildman–Crippen LogP) is 3.20. The summed E-state index contributed by atoms with van der Waals surface area (Å²) in [6.07, 6.45) is 0. The van der Waals surface area contributed by atoms with Crippen molar-refractivity contribution in [1.29, 1.82) is 0 Å². The Morgan fingerprint density at radius 3 is 2.52 bits per heavy atom. The molecule has 0 aliphatic carbocycles. The summed E-state index contributed by atoms with van der Waals surface area (Å²) in [4.78, 5) is 12.4. The van der Waals surface area contributed by atoms with Gasteiger partial charge >= 0.3 is 0 Å². The molecule has 0 bridgehead atoms. The Bertz CT molecular complexity index is 775. The second-order valence-electron chi connectivity index (χ2n) is 4.61. The van der Waals surface area contributed by atoms with Gasteiger partial charge in [0.05, 0.1) is 0 Å². The van der Waals surface area contributed by atoms with Gasteiger partial charge in [0.1, 0.15) is 22.8 Å². The molecule has 0 saturated carbocycles. The zero-order valence-corrected chi connectivity index (χ0v) is 11.6. The van der Waals surface area contributed by atoms with E-state index in [2.05, 4.69) is 15.6 Å². The summed E-state index contributed by atoms with van der Waals surface area (Å²) in [6.45, 7) is 3.45. The Morgan fingerprint density at radius 1 is 1.10 bits per heavy atom. The highest BCUT2D eigenvalue weighted by Crippen LogP contribution is 2.25. The van der Waals surface area contributed by atoms with Gasteiger partial charge in [-0.1, -0.05) is 40.6 Å². The molecular weight excluding hydrogens is 270 g/mol. The Labute approximate surface area is 120 Å². The number of rotatable bonds is 3. The van der Waals surface area contributed by atoms with Gasteiger partial charge in [0.25, 0.3) is 5.91 Å². The molecule has 1 amide bonds. The van der Waals surface area contributed by atoms with E-state index in [1.807, 2.05) is 30.3 Å². The molecule has 0 atom stereocenters. The van der Waals surface area contributed by atoms with Gasteiger partial charge in [-0.15, -0.1) is 0 Å². The number of carbonyl (C=O) groups excluding carboxylic acids is 1. The number of nitrogens with one attached hydrogen (secondary N) is 1. The highest BCUT2D eigenvalue weighted by Gasteiger charge is 2.22. The van der Waals surface area contributed by atoms with Crippen molar-refractivity contribution in [3.63, 3.8) is 0 Å². The van der Waals surface area contributed by atoms with Crippen molar-refractivity contribution in [1.82, 2.24) is 10.3 Å². The molecule has 21 heavy (non-hydrogen) atoms. The predicted molar refractivity (Wildman–Crippen MR) is 75.9 cm³/mol. The van der Waals surface area contributed by atoms with Gasteiger partial charge in [-0.2, -0.15) is 0 Å². The van der Waals surface area contributed by atoms with Gasteiger partial charge < -0.3 is 14.4 Å². The van der Waals surface area contributed by atoms with Crippen molar-refractivity contribution >= 4 is 11.7 Å². The van der Waals surface area contributed by atoms with E-state index in [0.717, 1.165) is 5.56 Å². The van der Waals surface area contributed by atoms with E-state index in [0.29, 0.717) is 28.6 Å². The number of hydrogen-bond donors (Lipinski definition) is 1. The molecule has 6 heteroatoms. The Balaban J connectivity index is 1.95. The lowest BCUT2D eigenvalue weighted by molar-refractivity contribution is 0.102. The van der Waals surface area contributed by atoms with Crippen LogP contribution in [0.5, 0.6) is 0 Å². The first-order valence-corrected chi connectivity index (χ1v) is 6.41. The second kappa shape index (κ2) is 5.24. The number of carbonyl (C=O) groups is 1. The van der Waals surface area contributed by atoms with Gasteiger partial charge in [0, 0.05) is 11.6 Å². The van der Waals surface area contributed by atoms with E-state index in [1.54, 1.807) is 19.9 Å². The number of nitrogens with zero attached hydrogens (tertiary/aromatic N) is 2. The molecule has 0 fully saturated rings. The summed E-state index contributed by atoms with van der Waals surface area (Å²) in [6, 6.07) is 11.0. The average molecular weight is 283 g/mol. The minimum Gasteiger partial charge on any atom is -0.360 e. The van der Waals surface area contributed by atoms with E-state index < -0.39 is 0 Å². The fourth-order valence-electron chi connectivity index (χ4n) is 2.04. The van der Waals surface area contributed by atoms with Crippen molar-refractivity contribution < 1.29 is 13.8 Å². The lowest BCUT2D eigenvalue weighted by atomic mass is 10.1. The maximum Gasteiger partial charge on any atom is 0.262 e. The first kappa shape index (κ1) is 13.1. The molecule has 1 N–H and O–H groups in total. The summed E-state index contributed by atoms with van der Waals surface area (Å²) in [7, 11) is 0. The molecule has 0 radical (unpaired) electrons. The summed E-state index contributed by atoms with van der Waals surface area (Å²) in [5.74, 6) is 1.10. The number of anilines is 1. The summed E-state index contributed by atoms with van der Waals surface area (Å²) >= 11 is 0. The molecule has 0 aliphatic rings. The van der Waals surface area contributed by atoms with E-state index in [1.165, 1.54) is 0 Å². The zero-order valence-electron chi connectivity index (χ0n) is 11.6. The molecule has 6 nitrogen and oxygen atoms in total. The fourth-order valence-corrected chi connectivity index (χ4v) is 2.04. The largest absolute Gasteiger partial charge is 0.360 e. The monoisotopic (exact) mass is 283 g/mol. The molecule has 2 heterocycles. The maximum absolute atomic E-state index is 12.4. The number of aromatic nitrogens is 2. The van der Waals surface area contributed by atoms with Crippen LogP contribution in [0.15, 0.2) is 45.4 Å². The number of amides is 1. The fraction of sp³-hybridized carbons (Fsp3) is 0.133. The van der Waals surface area contributed by atoms with Crippen LogP contribution in [-0.4, -0.2) is 16.2 Å². The second-order valence-corrected chi connectivity index (χ2v) is 4.61. The lowest BCUT2D eigenvalue weighted by Crippen LogP contribution is -2.13. The Hall–Kier alpha value is -2.89. The van der Waals surface area contributed by atoms with Crippen LogP contribution in [0, 0.1) is 13.8 Å². The van der Waals surface area contributed by atoms with Crippen molar-refractivity contribution in [3.05, 3.63) is 53.5 Å². The summed E-state index contributed by atoms with van der Waals surface area (Å²) in [5.41, 5.74) is 1.71. The van der Waals surface area contributed by atoms with Crippen LogP contribution in [0.25, 0.3) is 11.3 Å². The molecule has 0 unspecified atom stereocenters. The summed E-state index contributed by atoms with van der Waals surface area (Å²) in [5, 5.41) is 10.4. The minimum atomic E-state index is -0.332. The molecule has 3 rings (SSSR count). The van der Waals surface area contributed by atoms with Crippen LogP contribution >= 0.6 is 0 Å². The van der Waals surface area contributed by atoms with Gasteiger partial charge in [0.15, 0.2) is 5.82 Å². The SMILES string of the molecule is Cc1cc(NC(=O)c2c(-c3ccccc3)noc2C)no1. The molecule has 0 aliphatic heterocycles. The van der Waals surface area contributed by atoms with Crippen LogP contribution < -0.4 is 5.32 Å². The number of aryl methyl sites for hydroxylation is 2. The quantitative estimate of drug-likeness (QED) is 0.798. The van der Waals surface area contributed by atoms with Gasteiger partial charge in [-0.3, -0.25) is 4.79 Å². The first-order valence-electron chi connectivity index (χ1n) is 6.41. The van der Waals surface area contributed by atoms with Crippen molar-refractivity contribution in [2.24, 2.45) is 0 Å². The standard InChI is InChI=1S/C15H13N3O3/c1-9-8-12(17-20-9)16-15(19)13-10(2)21-18-14(13)11-6-4-3-5-7-11/h3-8H,1-2H3,(H,16,17,19).